The van der Waals surface area contributed by atoms with E-state index in [2.05, 4.69) is 52.4 Å². The third kappa shape index (κ3) is 3.65. The predicted octanol–water partition coefficient (Wildman–Crippen LogP) is 4.10. The van der Waals surface area contributed by atoms with Crippen LogP contribution in [0.5, 0.6) is 0 Å². The number of pyridine rings is 1. The van der Waals surface area contributed by atoms with Crippen LogP contribution >= 0.6 is 27.3 Å². The first-order valence-electron chi connectivity index (χ1n) is 6.64. The molecule has 2 rings (SSSR count). The van der Waals surface area contributed by atoms with Crippen molar-refractivity contribution in [1.82, 2.24) is 15.3 Å². The Kier molecular flexibility index (Phi) is 4.94. The van der Waals surface area contributed by atoms with Crippen molar-refractivity contribution in [1.29, 1.82) is 0 Å². The van der Waals surface area contributed by atoms with Crippen molar-refractivity contribution in [2.45, 2.75) is 38.6 Å². The number of rotatable bonds is 4. The molecule has 0 fully saturated rings. The molecule has 20 heavy (non-hydrogen) atoms. The average Bonchev–Trinajstić information content (AvgIpc) is 2.85. The fourth-order valence-electron chi connectivity index (χ4n) is 1.91. The molecular formula is C15H20BrN3S. The molecule has 0 aliphatic carbocycles. The van der Waals surface area contributed by atoms with Gasteiger partial charge in [0.2, 0.25) is 0 Å². The van der Waals surface area contributed by atoms with E-state index in [0.29, 0.717) is 0 Å². The van der Waals surface area contributed by atoms with Gasteiger partial charge in [-0.15, -0.1) is 11.3 Å². The zero-order valence-electron chi connectivity index (χ0n) is 12.3. The van der Waals surface area contributed by atoms with Gasteiger partial charge in [-0.2, -0.15) is 0 Å². The SMILES string of the molecule is CNC(Cc1nc(C(C)(C)C)cs1)c1ncccc1Br. The fraction of sp³-hybridized carbons (Fsp3) is 0.467. The third-order valence-corrected chi connectivity index (χ3v) is 4.71. The zero-order valence-corrected chi connectivity index (χ0v) is 14.7. The summed E-state index contributed by atoms with van der Waals surface area (Å²) in [5, 5.41) is 6.64. The van der Waals surface area contributed by atoms with E-state index in [-0.39, 0.29) is 11.5 Å². The normalized spacial score (nSPS) is 13.4. The number of nitrogens with one attached hydrogen (secondary N) is 1. The Morgan fingerprint density at radius 3 is 2.70 bits per heavy atom. The maximum Gasteiger partial charge on any atom is 0.0948 e. The Labute approximate surface area is 133 Å². The van der Waals surface area contributed by atoms with Gasteiger partial charge in [-0.25, -0.2) is 4.98 Å². The minimum atomic E-state index is 0.107. The van der Waals surface area contributed by atoms with E-state index < -0.39 is 0 Å². The maximum atomic E-state index is 4.76. The lowest BCUT2D eigenvalue weighted by Gasteiger charge is -2.16. The molecule has 0 bridgehead atoms. The van der Waals surface area contributed by atoms with Crippen molar-refractivity contribution in [3.8, 4) is 0 Å². The highest BCUT2D eigenvalue weighted by Crippen LogP contribution is 2.28. The molecule has 0 saturated carbocycles. The molecule has 0 spiro atoms. The molecule has 1 N–H and O–H groups in total. The van der Waals surface area contributed by atoms with Crippen LogP contribution in [0.15, 0.2) is 28.2 Å². The van der Waals surface area contributed by atoms with E-state index in [0.717, 1.165) is 27.3 Å². The molecule has 0 aromatic carbocycles. The monoisotopic (exact) mass is 353 g/mol. The standard InChI is InChI=1S/C15H20BrN3S/c1-15(2,3)12-9-20-13(19-12)8-11(17-4)14-10(16)6-5-7-18-14/h5-7,9,11,17H,8H2,1-4H3. The summed E-state index contributed by atoms with van der Waals surface area (Å²) in [5.74, 6) is 0. The number of likely N-dealkylation sites (N-methyl/N-ethyl adjacent to an activating group) is 1. The van der Waals surface area contributed by atoms with E-state index >= 15 is 0 Å². The van der Waals surface area contributed by atoms with E-state index in [1.54, 1.807) is 11.3 Å². The highest BCUT2D eigenvalue weighted by atomic mass is 79.9. The van der Waals surface area contributed by atoms with Gasteiger partial charge in [-0.05, 0) is 35.1 Å². The van der Waals surface area contributed by atoms with Crippen molar-refractivity contribution >= 4 is 27.3 Å². The summed E-state index contributed by atoms with van der Waals surface area (Å²) in [6, 6.07) is 4.13. The second kappa shape index (κ2) is 6.33. The second-order valence-corrected chi connectivity index (χ2v) is 7.59. The maximum absolute atomic E-state index is 4.76. The van der Waals surface area contributed by atoms with Crippen LogP contribution in [0.2, 0.25) is 0 Å². The summed E-state index contributed by atoms with van der Waals surface area (Å²) in [6.45, 7) is 6.57. The summed E-state index contributed by atoms with van der Waals surface area (Å²) in [4.78, 5) is 9.23. The van der Waals surface area contributed by atoms with Gasteiger partial charge in [0, 0.05) is 27.9 Å². The number of hydrogen-bond acceptors (Lipinski definition) is 4. The lowest BCUT2D eigenvalue weighted by Crippen LogP contribution is -2.20. The molecule has 5 heteroatoms. The number of nitrogens with zero attached hydrogens (tertiary/aromatic N) is 2. The zero-order chi connectivity index (χ0) is 14.8. The second-order valence-electron chi connectivity index (χ2n) is 5.79. The molecule has 1 unspecified atom stereocenters. The number of thiazole rings is 1. The van der Waals surface area contributed by atoms with Gasteiger partial charge in [0.15, 0.2) is 0 Å². The summed E-state index contributed by atoms with van der Waals surface area (Å²) >= 11 is 5.29. The molecular weight excluding hydrogens is 334 g/mol. The quantitative estimate of drug-likeness (QED) is 0.898. The molecule has 0 radical (unpaired) electrons. The number of aromatic nitrogens is 2. The Hall–Kier alpha value is -0.780. The third-order valence-electron chi connectivity index (χ3n) is 3.16. The van der Waals surface area contributed by atoms with E-state index in [1.807, 2.05) is 25.4 Å². The van der Waals surface area contributed by atoms with E-state index in [4.69, 9.17) is 4.98 Å². The number of halogens is 1. The molecule has 0 amide bonds. The highest BCUT2D eigenvalue weighted by molar-refractivity contribution is 9.10. The van der Waals surface area contributed by atoms with Gasteiger partial charge < -0.3 is 5.32 Å². The van der Waals surface area contributed by atoms with E-state index in [9.17, 15) is 0 Å². The van der Waals surface area contributed by atoms with Gasteiger partial charge in [-0.3, -0.25) is 4.98 Å². The Morgan fingerprint density at radius 2 is 2.15 bits per heavy atom. The molecule has 108 valence electrons. The molecule has 0 aliphatic rings. The first kappa shape index (κ1) is 15.6. The molecule has 3 nitrogen and oxygen atoms in total. The first-order valence-corrected chi connectivity index (χ1v) is 8.31. The van der Waals surface area contributed by atoms with Gasteiger partial charge in [-0.1, -0.05) is 20.8 Å². The molecule has 2 heterocycles. The minimum Gasteiger partial charge on any atom is -0.311 e. The Bertz CT molecular complexity index is 574. The van der Waals surface area contributed by atoms with Gasteiger partial charge in [0.05, 0.1) is 22.4 Å². The average molecular weight is 354 g/mol. The minimum absolute atomic E-state index is 0.107. The van der Waals surface area contributed by atoms with Crippen molar-refractivity contribution < 1.29 is 0 Å². The van der Waals surface area contributed by atoms with E-state index in [1.165, 1.54) is 0 Å². The molecule has 1 atom stereocenters. The Balaban J connectivity index is 2.19. The smallest absolute Gasteiger partial charge is 0.0948 e. The lowest BCUT2D eigenvalue weighted by molar-refractivity contribution is 0.553. The van der Waals surface area contributed by atoms with Crippen LogP contribution in [0, 0.1) is 0 Å². The first-order chi connectivity index (χ1) is 9.41. The van der Waals surface area contributed by atoms with Crippen LogP contribution in [-0.2, 0) is 11.8 Å². The summed E-state index contributed by atoms with van der Waals surface area (Å²) in [5.41, 5.74) is 2.30. The van der Waals surface area contributed by atoms with Crippen LogP contribution in [0.25, 0.3) is 0 Å². The van der Waals surface area contributed by atoms with Gasteiger partial charge >= 0.3 is 0 Å². The van der Waals surface area contributed by atoms with Crippen LogP contribution in [0.3, 0.4) is 0 Å². The topological polar surface area (TPSA) is 37.8 Å². The molecule has 0 saturated heterocycles. The molecule has 2 aromatic heterocycles. The Morgan fingerprint density at radius 1 is 1.40 bits per heavy atom. The van der Waals surface area contributed by atoms with Crippen molar-refractivity contribution in [3.63, 3.8) is 0 Å². The van der Waals surface area contributed by atoms with Crippen molar-refractivity contribution in [3.05, 3.63) is 44.6 Å². The van der Waals surface area contributed by atoms with Crippen LogP contribution in [0.4, 0.5) is 0 Å². The summed E-state index contributed by atoms with van der Waals surface area (Å²) < 4.78 is 1.03. The van der Waals surface area contributed by atoms with Crippen LogP contribution in [0.1, 0.15) is 43.2 Å². The lowest BCUT2D eigenvalue weighted by atomic mass is 9.93. The molecule has 0 aliphatic heterocycles. The van der Waals surface area contributed by atoms with Crippen molar-refractivity contribution in [2.75, 3.05) is 7.05 Å². The predicted molar refractivity (Wildman–Crippen MR) is 88.3 cm³/mol. The highest BCUT2D eigenvalue weighted by Gasteiger charge is 2.20. The summed E-state index contributed by atoms with van der Waals surface area (Å²) in [7, 11) is 1.96. The van der Waals surface area contributed by atoms with Crippen LogP contribution in [-0.4, -0.2) is 17.0 Å². The van der Waals surface area contributed by atoms with Crippen LogP contribution < -0.4 is 5.32 Å². The largest absolute Gasteiger partial charge is 0.311 e. The molecule has 2 aromatic rings. The fourth-order valence-corrected chi connectivity index (χ4v) is 3.51. The van der Waals surface area contributed by atoms with Gasteiger partial charge in [0.25, 0.3) is 0 Å². The summed E-state index contributed by atoms with van der Waals surface area (Å²) in [6.07, 6.45) is 2.68. The number of hydrogen-bond donors (Lipinski definition) is 1. The van der Waals surface area contributed by atoms with Gasteiger partial charge in [0.1, 0.15) is 0 Å². The van der Waals surface area contributed by atoms with Crippen molar-refractivity contribution in [2.24, 2.45) is 0 Å².